The topological polar surface area (TPSA) is 53.2 Å². The van der Waals surface area contributed by atoms with E-state index in [0.29, 0.717) is 13.0 Å². The Kier molecular flexibility index (Phi) is 4.88. The van der Waals surface area contributed by atoms with Gasteiger partial charge in [0.15, 0.2) is 0 Å². The number of halogens is 3. The maximum Gasteiger partial charge on any atom is 0.311 e. The van der Waals surface area contributed by atoms with Gasteiger partial charge in [-0.1, -0.05) is 24.6 Å². The van der Waals surface area contributed by atoms with Crippen molar-refractivity contribution in [3.8, 4) is 11.8 Å². The first-order valence-corrected chi connectivity index (χ1v) is 5.69. The number of alkyl halides is 2. The molecule has 0 saturated carbocycles. The minimum Gasteiger partial charge on any atom is -0.492 e. The van der Waals surface area contributed by atoms with Crippen LogP contribution in [0.4, 0.5) is 8.78 Å². The molecule has 0 aliphatic rings. The standard InChI is InChI=1S/C12H12ClF2NO2/c1-2-5-18-10-6-8(3-4-9(10)13)12(14,15)11(17)7-16/h3-4,6,11,17H,2,5H2,1H3. The van der Waals surface area contributed by atoms with E-state index in [2.05, 4.69) is 0 Å². The van der Waals surface area contributed by atoms with Gasteiger partial charge in [0, 0.05) is 5.56 Å². The molecule has 1 rings (SSSR count). The van der Waals surface area contributed by atoms with E-state index >= 15 is 0 Å². The number of nitriles is 1. The van der Waals surface area contributed by atoms with Crippen molar-refractivity contribution >= 4 is 11.6 Å². The molecular formula is C12H12ClF2NO2. The Morgan fingerprint density at radius 1 is 1.56 bits per heavy atom. The van der Waals surface area contributed by atoms with Crippen LogP contribution in [0.25, 0.3) is 0 Å². The molecule has 1 aromatic rings. The molecule has 0 bridgehead atoms. The molecule has 0 radical (unpaired) electrons. The van der Waals surface area contributed by atoms with Crippen molar-refractivity contribution in [3.63, 3.8) is 0 Å². The number of nitrogens with zero attached hydrogens (tertiary/aromatic N) is 1. The minimum atomic E-state index is -3.66. The Morgan fingerprint density at radius 3 is 2.78 bits per heavy atom. The van der Waals surface area contributed by atoms with Gasteiger partial charge in [-0.2, -0.15) is 14.0 Å². The first-order valence-electron chi connectivity index (χ1n) is 5.31. The lowest BCUT2D eigenvalue weighted by molar-refractivity contribution is -0.0893. The van der Waals surface area contributed by atoms with Crippen LogP contribution in [-0.4, -0.2) is 17.8 Å². The molecule has 3 nitrogen and oxygen atoms in total. The lowest BCUT2D eigenvalue weighted by atomic mass is 10.0. The Hall–Kier alpha value is -1.38. The van der Waals surface area contributed by atoms with E-state index in [1.54, 1.807) is 0 Å². The molecule has 0 heterocycles. The third-order valence-electron chi connectivity index (χ3n) is 2.24. The quantitative estimate of drug-likeness (QED) is 0.840. The van der Waals surface area contributed by atoms with Gasteiger partial charge in [0.05, 0.1) is 11.6 Å². The lowest BCUT2D eigenvalue weighted by Gasteiger charge is -2.19. The molecular weight excluding hydrogens is 264 g/mol. The molecule has 1 atom stereocenters. The molecule has 0 aliphatic carbocycles. The summed E-state index contributed by atoms with van der Waals surface area (Å²) in [6.07, 6.45) is -1.70. The van der Waals surface area contributed by atoms with E-state index in [9.17, 15) is 8.78 Å². The number of ether oxygens (including phenoxy) is 1. The van der Waals surface area contributed by atoms with Crippen LogP contribution in [0.1, 0.15) is 18.9 Å². The van der Waals surface area contributed by atoms with Crippen LogP contribution in [0.5, 0.6) is 5.75 Å². The van der Waals surface area contributed by atoms with Crippen LogP contribution in [0.3, 0.4) is 0 Å². The summed E-state index contributed by atoms with van der Waals surface area (Å²) >= 11 is 5.80. The average Bonchev–Trinajstić information content (AvgIpc) is 2.36. The average molecular weight is 276 g/mol. The molecule has 18 heavy (non-hydrogen) atoms. The monoisotopic (exact) mass is 275 g/mol. The van der Waals surface area contributed by atoms with Gasteiger partial charge in [-0.05, 0) is 18.6 Å². The van der Waals surface area contributed by atoms with E-state index in [4.69, 9.17) is 26.7 Å². The summed E-state index contributed by atoms with van der Waals surface area (Å²) in [6.45, 7) is 2.21. The van der Waals surface area contributed by atoms with Crippen molar-refractivity contribution in [3.05, 3.63) is 28.8 Å². The molecule has 1 unspecified atom stereocenters. The zero-order valence-corrected chi connectivity index (χ0v) is 10.4. The van der Waals surface area contributed by atoms with Gasteiger partial charge in [0.1, 0.15) is 11.8 Å². The van der Waals surface area contributed by atoms with Crippen LogP contribution >= 0.6 is 11.6 Å². The summed E-state index contributed by atoms with van der Waals surface area (Å²) < 4.78 is 32.4. The van der Waals surface area contributed by atoms with E-state index < -0.39 is 17.6 Å². The molecule has 0 aromatic heterocycles. The number of aliphatic hydroxyl groups is 1. The third-order valence-corrected chi connectivity index (χ3v) is 2.56. The second kappa shape index (κ2) is 5.98. The maximum atomic E-state index is 13.6. The normalized spacial score (nSPS) is 12.9. The van der Waals surface area contributed by atoms with E-state index in [1.807, 2.05) is 6.92 Å². The van der Waals surface area contributed by atoms with E-state index in [0.717, 1.165) is 18.2 Å². The lowest BCUT2D eigenvalue weighted by Crippen LogP contribution is -2.29. The van der Waals surface area contributed by atoms with Crippen molar-refractivity contribution in [2.45, 2.75) is 25.4 Å². The van der Waals surface area contributed by atoms with Gasteiger partial charge < -0.3 is 9.84 Å². The molecule has 1 aromatic carbocycles. The van der Waals surface area contributed by atoms with Gasteiger partial charge in [-0.25, -0.2) is 0 Å². The minimum absolute atomic E-state index is 0.112. The molecule has 0 amide bonds. The molecule has 0 fully saturated rings. The molecule has 0 spiro atoms. The van der Waals surface area contributed by atoms with Crippen molar-refractivity contribution in [1.29, 1.82) is 5.26 Å². The van der Waals surface area contributed by atoms with Crippen molar-refractivity contribution in [1.82, 2.24) is 0 Å². The second-order valence-corrected chi connectivity index (χ2v) is 4.06. The zero-order chi connectivity index (χ0) is 13.8. The second-order valence-electron chi connectivity index (χ2n) is 3.65. The number of benzene rings is 1. The number of hydrogen-bond acceptors (Lipinski definition) is 3. The first-order chi connectivity index (χ1) is 8.43. The van der Waals surface area contributed by atoms with Gasteiger partial charge in [-0.15, -0.1) is 0 Å². The fraction of sp³-hybridized carbons (Fsp3) is 0.417. The van der Waals surface area contributed by atoms with E-state index in [1.165, 1.54) is 6.07 Å². The molecule has 0 aliphatic heterocycles. The van der Waals surface area contributed by atoms with Gasteiger partial charge >= 0.3 is 5.92 Å². The predicted molar refractivity (Wildman–Crippen MR) is 62.8 cm³/mol. The van der Waals surface area contributed by atoms with Gasteiger partial charge in [0.25, 0.3) is 0 Å². The Morgan fingerprint density at radius 2 is 2.22 bits per heavy atom. The summed E-state index contributed by atoms with van der Waals surface area (Å²) in [7, 11) is 0. The predicted octanol–water partition coefficient (Wildman–Crippen LogP) is 3.11. The fourth-order valence-electron chi connectivity index (χ4n) is 1.27. The van der Waals surface area contributed by atoms with Gasteiger partial charge in [-0.3, -0.25) is 0 Å². The van der Waals surface area contributed by atoms with Crippen molar-refractivity contribution in [2.75, 3.05) is 6.61 Å². The maximum absolute atomic E-state index is 13.6. The Bertz CT molecular complexity index is 460. The molecule has 6 heteroatoms. The van der Waals surface area contributed by atoms with Gasteiger partial charge in [0.2, 0.25) is 6.10 Å². The smallest absolute Gasteiger partial charge is 0.311 e. The van der Waals surface area contributed by atoms with Crippen LogP contribution < -0.4 is 4.74 Å². The molecule has 98 valence electrons. The SMILES string of the molecule is CCCOc1cc(C(F)(F)C(O)C#N)ccc1Cl. The summed E-state index contributed by atoms with van der Waals surface area (Å²) in [6, 6.07) is 4.46. The summed E-state index contributed by atoms with van der Waals surface area (Å²) in [5, 5.41) is 17.6. The van der Waals surface area contributed by atoms with Crippen LogP contribution in [0, 0.1) is 11.3 Å². The largest absolute Gasteiger partial charge is 0.492 e. The number of rotatable bonds is 5. The number of aliphatic hydroxyl groups excluding tert-OH is 1. The first kappa shape index (κ1) is 14.7. The summed E-state index contributed by atoms with van der Waals surface area (Å²) in [5.41, 5.74) is -0.507. The highest BCUT2D eigenvalue weighted by Crippen LogP contribution is 2.36. The highest BCUT2D eigenvalue weighted by molar-refractivity contribution is 6.32. The highest BCUT2D eigenvalue weighted by Gasteiger charge is 2.41. The molecule has 0 saturated heterocycles. The van der Waals surface area contributed by atoms with Crippen molar-refractivity contribution in [2.24, 2.45) is 0 Å². The molecule has 1 N–H and O–H groups in total. The summed E-state index contributed by atoms with van der Waals surface area (Å²) in [5.74, 6) is -3.55. The van der Waals surface area contributed by atoms with Crippen LogP contribution in [0.2, 0.25) is 5.02 Å². The van der Waals surface area contributed by atoms with Crippen LogP contribution in [0.15, 0.2) is 18.2 Å². The van der Waals surface area contributed by atoms with Crippen molar-refractivity contribution < 1.29 is 18.6 Å². The third kappa shape index (κ3) is 3.09. The Balaban J connectivity index is 3.08. The number of hydrogen-bond donors (Lipinski definition) is 1. The van der Waals surface area contributed by atoms with E-state index in [-0.39, 0.29) is 10.8 Å². The van der Waals surface area contributed by atoms with Crippen LogP contribution in [-0.2, 0) is 5.92 Å². The summed E-state index contributed by atoms with van der Waals surface area (Å²) in [4.78, 5) is 0. The Labute approximate surface area is 109 Å². The fourth-order valence-corrected chi connectivity index (χ4v) is 1.44. The highest BCUT2D eigenvalue weighted by atomic mass is 35.5. The zero-order valence-electron chi connectivity index (χ0n) is 9.66.